The van der Waals surface area contributed by atoms with Crippen LogP contribution in [-0.2, 0) is 15.4 Å². The Hall–Kier alpha value is -0.990. The Morgan fingerprint density at radius 3 is 2.35 bits per heavy atom. The molecule has 0 N–H and O–H groups in total. The first-order chi connectivity index (χ1) is 10.5. The number of aryl methyl sites for hydroxylation is 1. The minimum atomic E-state index is -3.20. The van der Waals surface area contributed by atoms with Gasteiger partial charge >= 0.3 is 0 Å². The summed E-state index contributed by atoms with van der Waals surface area (Å²) in [5, 5.41) is 0.950. The van der Waals surface area contributed by atoms with E-state index in [1.54, 1.807) is 4.90 Å². The number of nitrogens with zero attached hydrogens (tertiary/aromatic N) is 3. The number of rotatable bonds is 2. The molecule has 23 heavy (non-hydrogen) atoms. The van der Waals surface area contributed by atoms with Crippen LogP contribution >= 0.6 is 11.3 Å². The summed E-state index contributed by atoms with van der Waals surface area (Å²) in [5.74, 6) is -0.0362. The van der Waals surface area contributed by atoms with Gasteiger partial charge in [0, 0.05) is 31.6 Å². The van der Waals surface area contributed by atoms with Crippen LogP contribution in [0.2, 0.25) is 0 Å². The molecule has 0 spiro atoms. The van der Waals surface area contributed by atoms with Gasteiger partial charge in [-0.15, -0.1) is 11.3 Å². The number of hydrogen-bond donors (Lipinski definition) is 0. The number of carbonyl (C=O) groups excluding carboxylic acids is 1. The van der Waals surface area contributed by atoms with E-state index in [9.17, 15) is 13.2 Å². The van der Waals surface area contributed by atoms with E-state index in [0.29, 0.717) is 37.5 Å². The first-order valence-corrected chi connectivity index (χ1v) is 10.4. The summed E-state index contributed by atoms with van der Waals surface area (Å²) in [4.78, 5) is 19.8. The molecule has 0 aliphatic carbocycles. The van der Waals surface area contributed by atoms with Crippen molar-refractivity contribution in [2.45, 2.75) is 39.5 Å². The van der Waals surface area contributed by atoms with Crippen molar-refractivity contribution in [3.05, 3.63) is 15.6 Å². The summed E-state index contributed by atoms with van der Waals surface area (Å²) in [6, 6.07) is 0. The van der Waals surface area contributed by atoms with E-state index in [4.69, 9.17) is 0 Å². The second-order valence-corrected chi connectivity index (χ2v) is 9.97. The molecule has 8 heteroatoms. The predicted molar refractivity (Wildman–Crippen MR) is 92.5 cm³/mol. The van der Waals surface area contributed by atoms with Gasteiger partial charge in [-0.1, -0.05) is 20.8 Å². The van der Waals surface area contributed by atoms with Crippen LogP contribution < -0.4 is 0 Å². The topological polar surface area (TPSA) is 70.6 Å². The van der Waals surface area contributed by atoms with Gasteiger partial charge in [0.1, 0.15) is 4.88 Å². The Labute approximate surface area is 142 Å². The van der Waals surface area contributed by atoms with E-state index in [1.807, 2.05) is 6.92 Å². The molecule has 0 bridgehead atoms. The SMILES string of the molecule is Cc1nc(C(C)(C)C)sc1C(=O)N1CCCN(S(C)(=O)=O)CC1. The Morgan fingerprint density at radius 1 is 1.17 bits per heavy atom. The van der Waals surface area contributed by atoms with Crippen LogP contribution in [0.25, 0.3) is 0 Å². The maximum absolute atomic E-state index is 12.8. The average molecular weight is 360 g/mol. The minimum Gasteiger partial charge on any atom is -0.337 e. The summed E-state index contributed by atoms with van der Waals surface area (Å²) in [6.45, 7) is 9.92. The highest BCUT2D eigenvalue weighted by Crippen LogP contribution is 2.30. The molecule has 0 atom stereocenters. The maximum atomic E-state index is 12.8. The Bertz CT molecular complexity index is 689. The van der Waals surface area contributed by atoms with Gasteiger partial charge in [-0.2, -0.15) is 0 Å². The third-order valence-corrected chi connectivity index (χ3v) is 6.72. The third kappa shape index (κ3) is 4.30. The number of amides is 1. The van der Waals surface area contributed by atoms with Crippen molar-refractivity contribution in [3.8, 4) is 0 Å². The number of hydrogen-bond acceptors (Lipinski definition) is 5. The Morgan fingerprint density at radius 2 is 1.83 bits per heavy atom. The van der Waals surface area contributed by atoms with Gasteiger partial charge in [0.25, 0.3) is 5.91 Å². The lowest BCUT2D eigenvalue weighted by Crippen LogP contribution is -2.36. The summed E-state index contributed by atoms with van der Waals surface area (Å²) >= 11 is 1.45. The number of carbonyl (C=O) groups is 1. The minimum absolute atomic E-state index is 0.0362. The van der Waals surface area contributed by atoms with Gasteiger partial charge in [-0.05, 0) is 13.3 Å². The highest BCUT2D eigenvalue weighted by Gasteiger charge is 2.28. The number of aromatic nitrogens is 1. The summed E-state index contributed by atoms with van der Waals surface area (Å²) in [7, 11) is -3.20. The van der Waals surface area contributed by atoms with Crippen LogP contribution in [-0.4, -0.2) is 60.9 Å². The molecule has 1 saturated heterocycles. The number of sulfonamides is 1. The highest BCUT2D eigenvalue weighted by atomic mass is 32.2. The average Bonchev–Trinajstić information content (AvgIpc) is 2.66. The Balaban J connectivity index is 2.17. The van der Waals surface area contributed by atoms with Crippen LogP contribution in [0, 0.1) is 6.92 Å². The van der Waals surface area contributed by atoms with Crippen molar-refractivity contribution in [2.24, 2.45) is 0 Å². The highest BCUT2D eigenvalue weighted by molar-refractivity contribution is 7.88. The second kappa shape index (κ2) is 6.49. The smallest absolute Gasteiger partial charge is 0.265 e. The van der Waals surface area contributed by atoms with Crippen molar-refractivity contribution in [1.29, 1.82) is 0 Å². The van der Waals surface area contributed by atoms with Gasteiger partial charge < -0.3 is 4.90 Å². The molecule has 2 heterocycles. The van der Waals surface area contributed by atoms with Gasteiger partial charge in [0.05, 0.1) is 17.0 Å². The van der Waals surface area contributed by atoms with Gasteiger partial charge in [0.2, 0.25) is 10.0 Å². The van der Waals surface area contributed by atoms with E-state index in [2.05, 4.69) is 25.8 Å². The van der Waals surface area contributed by atoms with Crippen molar-refractivity contribution in [1.82, 2.24) is 14.2 Å². The first kappa shape index (κ1) is 18.4. The fourth-order valence-corrected chi connectivity index (χ4v) is 4.45. The predicted octanol–water partition coefficient (Wildman–Crippen LogP) is 1.86. The lowest BCUT2D eigenvalue weighted by molar-refractivity contribution is 0.0768. The zero-order valence-corrected chi connectivity index (χ0v) is 16.1. The van der Waals surface area contributed by atoms with E-state index in [-0.39, 0.29) is 11.3 Å². The normalized spacial score (nSPS) is 18.0. The van der Waals surface area contributed by atoms with E-state index < -0.39 is 10.0 Å². The summed E-state index contributed by atoms with van der Waals surface area (Å²) in [6.07, 6.45) is 1.87. The maximum Gasteiger partial charge on any atom is 0.265 e. The van der Waals surface area contributed by atoms with Gasteiger partial charge in [-0.25, -0.2) is 17.7 Å². The summed E-state index contributed by atoms with van der Waals surface area (Å²) in [5.41, 5.74) is 0.675. The van der Waals surface area contributed by atoms with Gasteiger partial charge in [-0.3, -0.25) is 4.79 Å². The quantitative estimate of drug-likeness (QED) is 0.808. The molecule has 1 aromatic heterocycles. The molecular weight excluding hydrogens is 334 g/mol. The van der Waals surface area contributed by atoms with E-state index in [1.165, 1.54) is 21.9 Å². The lowest BCUT2D eigenvalue weighted by atomic mass is 9.98. The van der Waals surface area contributed by atoms with Crippen molar-refractivity contribution >= 4 is 27.3 Å². The summed E-state index contributed by atoms with van der Waals surface area (Å²) < 4.78 is 24.8. The zero-order valence-electron chi connectivity index (χ0n) is 14.4. The van der Waals surface area contributed by atoms with Crippen LogP contribution in [0.5, 0.6) is 0 Å². The molecule has 2 rings (SSSR count). The fourth-order valence-electron chi connectivity index (χ4n) is 2.49. The molecule has 0 aromatic carbocycles. The third-order valence-electron chi connectivity index (χ3n) is 3.84. The van der Waals surface area contributed by atoms with Crippen molar-refractivity contribution in [3.63, 3.8) is 0 Å². The zero-order chi connectivity index (χ0) is 17.4. The molecule has 1 amide bonds. The molecule has 0 radical (unpaired) electrons. The first-order valence-electron chi connectivity index (χ1n) is 7.72. The van der Waals surface area contributed by atoms with Crippen LogP contribution in [0.1, 0.15) is 47.6 Å². The molecular formula is C15H25N3O3S2. The molecule has 1 aliphatic heterocycles. The Kier molecular flexibility index (Phi) is 5.18. The second-order valence-electron chi connectivity index (χ2n) is 6.99. The van der Waals surface area contributed by atoms with Crippen LogP contribution in [0.3, 0.4) is 0 Å². The number of thiazole rings is 1. The largest absolute Gasteiger partial charge is 0.337 e. The van der Waals surface area contributed by atoms with E-state index in [0.717, 1.165) is 10.7 Å². The standard InChI is InChI=1S/C15H25N3O3S2/c1-11-12(22-14(16-11)15(2,3)4)13(19)17-7-6-8-18(10-9-17)23(5,20)21/h6-10H2,1-5H3. The lowest BCUT2D eigenvalue weighted by Gasteiger charge is -2.20. The monoisotopic (exact) mass is 359 g/mol. The molecule has 0 saturated carbocycles. The van der Waals surface area contributed by atoms with Gasteiger partial charge in [0.15, 0.2) is 0 Å². The van der Waals surface area contributed by atoms with Crippen LogP contribution in [0.4, 0.5) is 0 Å². The van der Waals surface area contributed by atoms with Crippen molar-refractivity contribution in [2.75, 3.05) is 32.4 Å². The molecule has 6 nitrogen and oxygen atoms in total. The van der Waals surface area contributed by atoms with Crippen molar-refractivity contribution < 1.29 is 13.2 Å². The molecule has 1 fully saturated rings. The molecule has 130 valence electrons. The molecule has 1 aliphatic rings. The van der Waals surface area contributed by atoms with E-state index >= 15 is 0 Å². The van der Waals surface area contributed by atoms with Crippen LogP contribution in [0.15, 0.2) is 0 Å². The molecule has 0 unspecified atom stereocenters. The fraction of sp³-hybridized carbons (Fsp3) is 0.733. The molecule has 1 aromatic rings.